The fraction of sp³-hybridized carbons (Fsp3) is 0.700. The van der Waals surface area contributed by atoms with E-state index < -0.39 is 18.0 Å². The maximum Gasteiger partial charge on any atom is 0.189 e. The van der Waals surface area contributed by atoms with Crippen molar-refractivity contribution >= 4 is 5.78 Å². The molecule has 13 heavy (non-hydrogen) atoms. The maximum absolute atomic E-state index is 11.0. The van der Waals surface area contributed by atoms with Crippen molar-refractivity contribution in [1.29, 1.82) is 0 Å². The number of rotatable bonds is 5. The van der Waals surface area contributed by atoms with Crippen LogP contribution < -0.4 is 0 Å². The standard InChI is InChI=1S/C10H18O3/c1-8(2)5-4-6-10(3,13)9(12)7-11/h5,11,13H,4,6-7H2,1-3H3/t10-/m0/s1. The molecule has 0 aliphatic rings. The minimum Gasteiger partial charge on any atom is -0.388 e. The SMILES string of the molecule is CC(C)=CCC[C@](C)(O)C(=O)CO. The van der Waals surface area contributed by atoms with Gasteiger partial charge in [-0.3, -0.25) is 4.79 Å². The lowest BCUT2D eigenvalue weighted by Gasteiger charge is -2.19. The lowest BCUT2D eigenvalue weighted by atomic mass is 9.95. The third-order valence-electron chi connectivity index (χ3n) is 1.93. The summed E-state index contributed by atoms with van der Waals surface area (Å²) in [5.74, 6) is -0.519. The highest BCUT2D eigenvalue weighted by Gasteiger charge is 2.27. The molecule has 1 atom stereocenters. The summed E-state index contributed by atoms with van der Waals surface area (Å²) in [6.45, 7) is 4.76. The topological polar surface area (TPSA) is 57.5 Å². The van der Waals surface area contributed by atoms with Gasteiger partial charge in [0.15, 0.2) is 5.78 Å². The summed E-state index contributed by atoms with van der Waals surface area (Å²) in [5, 5.41) is 18.1. The number of carbonyl (C=O) groups is 1. The molecule has 0 aromatic heterocycles. The summed E-state index contributed by atoms with van der Waals surface area (Å²) < 4.78 is 0. The van der Waals surface area contributed by atoms with E-state index in [4.69, 9.17) is 5.11 Å². The normalized spacial score (nSPS) is 14.8. The molecule has 0 rings (SSSR count). The molecule has 0 aromatic rings. The summed E-state index contributed by atoms with van der Waals surface area (Å²) >= 11 is 0. The first-order valence-electron chi connectivity index (χ1n) is 4.40. The van der Waals surface area contributed by atoms with Gasteiger partial charge in [0.2, 0.25) is 0 Å². The summed E-state index contributed by atoms with van der Waals surface area (Å²) in [7, 11) is 0. The predicted octanol–water partition coefficient (Wildman–Crippen LogP) is 1.05. The molecule has 0 fully saturated rings. The van der Waals surface area contributed by atoms with Crippen molar-refractivity contribution in [1.82, 2.24) is 0 Å². The van der Waals surface area contributed by atoms with E-state index in [0.717, 1.165) is 5.57 Å². The second kappa shape index (κ2) is 5.14. The van der Waals surface area contributed by atoms with E-state index in [1.807, 2.05) is 19.9 Å². The smallest absolute Gasteiger partial charge is 0.189 e. The van der Waals surface area contributed by atoms with Gasteiger partial charge in [-0.25, -0.2) is 0 Å². The van der Waals surface area contributed by atoms with Gasteiger partial charge in [0.1, 0.15) is 12.2 Å². The van der Waals surface area contributed by atoms with Crippen LogP contribution in [-0.2, 0) is 4.79 Å². The Bertz CT molecular complexity index is 200. The summed E-state index contributed by atoms with van der Waals surface area (Å²) in [4.78, 5) is 11.0. The first-order valence-corrected chi connectivity index (χ1v) is 4.40. The Morgan fingerprint density at radius 1 is 1.46 bits per heavy atom. The van der Waals surface area contributed by atoms with Crippen molar-refractivity contribution in [2.75, 3.05) is 6.61 Å². The second-order valence-corrected chi connectivity index (χ2v) is 3.68. The highest BCUT2D eigenvalue weighted by Crippen LogP contribution is 2.14. The van der Waals surface area contributed by atoms with Gasteiger partial charge in [-0.15, -0.1) is 0 Å². The molecular weight excluding hydrogens is 168 g/mol. The van der Waals surface area contributed by atoms with Crippen LogP contribution in [0.1, 0.15) is 33.6 Å². The van der Waals surface area contributed by atoms with Gasteiger partial charge in [-0.2, -0.15) is 0 Å². The number of ketones is 1. The Morgan fingerprint density at radius 3 is 2.38 bits per heavy atom. The van der Waals surface area contributed by atoms with Crippen molar-refractivity contribution in [3.63, 3.8) is 0 Å². The second-order valence-electron chi connectivity index (χ2n) is 3.68. The van der Waals surface area contributed by atoms with E-state index in [0.29, 0.717) is 12.8 Å². The van der Waals surface area contributed by atoms with Gasteiger partial charge in [-0.05, 0) is 33.6 Å². The first-order chi connectivity index (χ1) is 5.90. The van der Waals surface area contributed by atoms with Gasteiger partial charge in [0.25, 0.3) is 0 Å². The fourth-order valence-electron chi connectivity index (χ4n) is 0.952. The van der Waals surface area contributed by atoms with Gasteiger partial charge >= 0.3 is 0 Å². The Morgan fingerprint density at radius 2 is 2.00 bits per heavy atom. The van der Waals surface area contributed by atoms with E-state index in [1.54, 1.807) is 0 Å². The third kappa shape index (κ3) is 4.80. The highest BCUT2D eigenvalue weighted by molar-refractivity contribution is 5.87. The maximum atomic E-state index is 11.0. The Balaban J connectivity index is 4.03. The highest BCUT2D eigenvalue weighted by atomic mass is 16.3. The van der Waals surface area contributed by atoms with Gasteiger partial charge in [0.05, 0.1) is 0 Å². The molecule has 0 aromatic carbocycles. The zero-order chi connectivity index (χ0) is 10.5. The van der Waals surface area contributed by atoms with E-state index in [1.165, 1.54) is 6.92 Å². The van der Waals surface area contributed by atoms with E-state index >= 15 is 0 Å². The number of hydrogen-bond acceptors (Lipinski definition) is 3. The molecule has 0 aliphatic heterocycles. The molecule has 0 bridgehead atoms. The average Bonchev–Trinajstić information content (AvgIpc) is 2.01. The largest absolute Gasteiger partial charge is 0.388 e. The third-order valence-corrected chi connectivity index (χ3v) is 1.93. The monoisotopic (exact) mass is 186 g/mol. The summed E-state index contributed by atoms with van der Waals surface area (Å²) in [6, 6.07) is 0. The number of Topliss-reactive ketones (excluding diaryl/α,β-unsaturated/α-hetero) is 1. The van der Waals surface area contributed by atoms with Gasteiger partial charge in [0, 0.05) is 0 Å². The molecule has 0 spiro atoms. The molecule has 3 nitrogen and oxygen atoms in total. The lowest BCUT2D eigenvalue weighted by molar-refractivity contribution is -0.139. The number of aliphatic hydroxyl groups is 2. The van der Waals surface area contributed by atoms with Crippen LogP contribution in [0.2, 0.25) is 0 Å². The lowest BCUT2D eigenvalue weighted by Crippen LogP contribution is -2.37. The molecule has 0 saturated carbocycles. The van der Waals surface area contributed by atoms with Crippen LogP contribution in [0.15, 0.2) is 11.6 Å². The molecule has 0 radical (unpaired) electrons. The van der Waals surface area contributed by atoms with Crippen LogP contribution >= 0.6 is 0 Å². The minimum atomic E-state index is -1.39. The molecule has 2 N–H and O–H groups in total. The van der Waals surface area contributed by atoms with Gasteiger partial charge < -0.3 is 10.2 Å². The average molecular weight is 186 g/mol. The molecule has 0 amide bonds. The molecule has 0 heterocycles. The molecule has 3 heteroatoms. The number of allylic oxidation sites excluding steroid dienone is 2. The Kier molecular flexibility index (Phi) is 4.88. The molecule has 0 saturated heterocycles. The minimum absolute atomic E-state index is 0.359. The van der Waals surface area contributed by atoms with E-state index in [9.17, 15) is 9.90 Å². The molecule has 0 unspecified atom stereocenters. The quantitative estimate of drug-likeness (QED) is 0.631. The molecular formula is C10H18O3. The first kappa shape index (κ1) is 12.3. The van der Waals surface area contributed by atoms with Crippen molar-refractivity contribution in [2.24, 2.45) is 0 Å². The van der Waals surface area contributed by atoms with Crippen LogP contribution in [-0.4, -0.2) is 28.2 Å². The number of carbonyl (C=O) groups excluding carboxylic acids is 1. The predicted molar refractivity (Wildman–Crippen MR) is 51.4 cm³/mol. The van der Waals surface area contributed by atoms with Crippen molar-refractivity contribution in [3.05, 3.63) is 11.6 Å². The molecule has 76 valence electrons. The number of aliphatic hydroxyl groups excluding tert-OH is 1. The fourth-order valence-corrected chi connectivity index (χ4v) is 0.952. The molecule has 0 aliphatic carbocycles. The van der Waals surface area contributed by atoms with E-state index in [2.05, 4.69) is 0 Å². The zero-order valence-corrected chi connectivity index (χ0v) is 8.50. The van der Waals surface area contributed by atoms with Crippen molar-refractivity contribution in [2.45, 2.75) is 39.2 Å². The number of hydrogen-bond donors (Lipinski definition) is 2. The Hall–Kier alpha value is -0.670. The zero-order valence-electron chi connectivity index (χ0n) is 8.50. The Labute approximate surface area is 79.1 Å². The van der Waals surface area contributed by atoms with Crippen molar-refractivity contribution in [3.8, 4) is 0 Å². The summed E-state index contributed by atoms with van der Waals surface area (Å²) in [5.41, 5.74) is -0.229. The van der Waals surface area contributed by atoms with Crippen LogP contribution in [0.4, 0.5) is 0 Å². The van der Waals surface area contributed by atoms with Crippen LogP contribution in [0.25, 0.3) is 0 Å². The van der Waals surface area contributed by atoms with Crippen molar-refractivity contribution < 1.29 is 15.0 Å². The van der Waals surface area contributed by atoms with Crippen LogP contribution in [0.3, 0.4) is 0 Å². The van der Waals surface area contributed by atoms with Crippen LogP contribution in [0.5, 0.6) is 0 Å². The van der Waals surface area contributed by atoms with E-state index in [-0.39, 0.29) is 0 Å². The summed E-state index contributed by atoms with van der Waals surface area (Å²) in [6.07, 6.45) is 2.97. The van der Waals surface area contributed by atoms with Gasteiger partial charge in [-0.1, -0.05) is 11.6 Å². The van der Waals surface area contributed by atoms with Crippen LogP contribution in [0, 0.1) is 0 Å².